The fourth-order valence-electron chi connectivity index (χ4n) is 1.31. The molecule has 19 heavy (non-hydrogen) atoms. The van der Waals surface area contributed by atoms with Crippen molar-refractivity contribution in [2.24, 2.45) is 0 Å². The zero-order valence-electron chi connectivity index (χ0n) is 8.84. The minimum absolute atomic E-state index is 0.237. The molecule has 1 rings (SSSR count). The highest BCUT2D eigenvalue weighted by Crippen LogP contribution is 2.35. The predicted molar refractivity (Wildman–Crippen MR) is 55.5 cm³/mol. The van der Waals surface area contributed by atoms with E-state index in [1.807, 2.05) is 0 Å². The lowest BCUT2D eigenvalue weighted by Crippen LogP contribution is -2.21. The van der Waals surface area contributed by atoms with Crippen molar-refractivity contribution in [2.45, 2.75) is 18.1 Å². The first-order valence-electron chi connectivity index (χ1n) is 4.52. The van der Waals surface area contributed by atoms with Crippen LogP contribution in [0.3, 0.4) is 0 Å². The van der Waals surface area contributed by atoms with Crippen molar-refractivity contribution >= 4 is 21.9 Å². The SMILES string of the molecule is O=C(O)c1c(OC(F)(F)F)cnc(CBr)c1C(F)F. The average molecular weight is 350 g/mol. The summed E-state index contributed by atoms with van der Waals surface area (Å²) in [7, 11) is 0. The molecule has 0 unspecified atom stereocenters. The number of rotatable bonds is 4. The Bertz CT molecular complexity index is 491. The topological polar surface area (TPSA) is 59.4 Å². The van der Waals surface area contributed by atoms with E-state index in [1.54, 1.807) is 0 Å². The molecule has 106 valence electrons. The van der Waals surface area contributed by atoms with Gasteiger partial charge >= 0.3 is 12.3 Å². The highest BCUT2D eigenvalue weighted by atomic mass is 79.9. The summed E-state index contributed by atoms with van der Waals surface area (Å²) in [5.74, 6) is -3.24. The summed E-state index contributed by atoms with van der Waals surface area (Å²) < 4.78 is 65.1. The number of alkyl halides is 6. The van der Waals surface area contributed by atoms with E-state index in [4.69, 9.17) is 5.11 Å². The fraction of sp³-hybridized carbons (Fsp3) is 0.333. The first-order valence-corrected chi connectivity index (χ1v) is 5.64. The maximum atomic E-state index is 12.8. The lowest BCUT2D eigenvalue weighted by molar-refractivity contribution is -0.274. The number of hydrogen-bond acceptors (Lipinski definition) is 3. The minimum Gasteiger partial charge on any atom is -0.478 e. The molecule has 0 radical (unpaired) electrons. The third-order valence-corrected chi connectivity index (χ3v) is 2.48. The van der Waals surface area contributed by atoms with Gasteiger partial charge in [-0.15, -0.1) is 13.2 Å². The molecule has 1 aromatic rings. The summed E-state index contributed by atoms with van der Waals surface area (Å²) in [6, 6.07) is 0. The standard InChI is InChI=1S/C9H5BrF5NO3/c10-1-3-5(7(11)12)6(8(17)18)4(2-16-3)19-9(13,14)15/h2,7H,1H2,(H,17,18). The zero-order valence-corrected chi connectivity index (χ0v) is 10.4. The van der Waals surface area contributed by atoms with Gasteiger partial charge in [0.1, 0.15) is 5.56 Å². The second-order valence-electron chi connectivity index (χ2n) is 3.15. The molecule has 1 N–H and O–H groups in total. The number of pyridine rings is 1. The van der Waals surface area contributed by atoms with Crippen LogP contribution in [0.2, 0.25) is 0 Å². The van der Waals surface area contributed by atoms with Crippen LogP contribution < -0.4 is 4.74 Å². The third kappa shape index (κ3) is 3.75. The number of ether oxygens (including phenoxy) is 1. The first kappa shape index (κ1) is 15.6. The van der Waals surface area contributed by atoms with E-state index < -0.39 is 35.6 Å². The van der Waals surface area contributed by atoms with Gasteiger partial charge in [0, 0.05) is 5.33 Å². The lowest BCUT2D eigenvalue weighted by atomic mass is 10.1. The van der Waals surface area contributed by atoms with Crippen LogP contribution in [0.15, 0.2) is 6.20 Å². The van der Waals surface area contributed by atoms with Gasteiger partial charge in [-0.2, -0.15) is 0 Å². The normalized spacial score (nSPS) is 11.7. The Hall–Kier alpha value is -1.45. The van der Waals surface area contributed by atoms with Gasteiger partial charge in [0.05, 0.1) is 17.5 Å². The van der Waals surface area contributed by atoms with Gasteiger partial charge < -0.3 is 9.84 Å². The molecule has 0 amide bonds. The van der Waals surface area contributed by atoms with Gasteiger partial charge in [-0.05, 0) is 0 Å². The smallest absolute Gasteiger partial charge is 0.478 e. The quantitative estimate of drug-likeness (QED) is 0.667. The number of aromatic carboxylic acids is 1. The molecule has 0 aromatic carbocycles. The second kappa shape index (κ2) is 5.68. The van der Waals surface area contributed by atoms with Crippen LogP contribution in [0, 0.1) is 0 Å². The Kier molecular flexibility index (Phi) is 4.66. The molecular weight excluding hydrogens is 345 g/mol. The number of carbonyl (C=O) groups is 1. The summed E-state index contributed by atoms with van der Waals surface area (Å²) >= 11 is 2.79. The lowest BCUT2D eigenvalue weighted by Gasteiger charge is -2.15. The first-order chi connectivity index (χ1) is 8.67. The Labute approximate surface area is 111 Å². The van der Waals surface area contributed by atoms with Gasteiger partial charge in [0.25, 0.3) is 6.43 Å². The van der Waals surface area contributed by atoms with Crippen molar-refractivity contribution in [3.05, 3.63) is 23.0 Å². The second-order valence-corrected chi connectivity index (χ2v) is 3.71. The number of nitrogens with zero attached hydrogens (tertiary/aromatic N) is 1. The molecule has 0 aliphatic heterocycles. The molecule has 4 nitrogen and oxygen atoms in total. The third-order valence-electron chi connectivity index (χ3n) is 1.95. The van der Waals surface area contributed by atoms with Crippen molar-refractivity contribution in [2.75, 3.05) is 0 Å². The van der Waals surface area contributed by atoms with E-state index in [-0.39, 0.29) is 11.0 Å². The van der Waals surface area contributed by atoms with Gasteiger partial charge in [-0.1, -0.05) is 15.9 Å². The van der Waals surface area contributed by atoms with Crippen LogP contribution in [0.1, 0.15) is 28.0 Å². The average Bonchev–Trinajstić information content (AvgIpc) is 2.25. The summed E-state index contributed by atoms with van der Waals surface area (Å²) in [6.07, 6.45) is -8.07. The summed E-state index contributed by atoms with van der Waals surface area (Å²) in [5, 5.41) is 8.55. The van der Waals surface area contributed by atoms with E-state index in [9.17, 15) is 26.7 Å². The predicted octanol–water partition coefficient (Wildman–Crippen LogP) is 3.51. The van der Waals surface area contributed by atoms with Crippen LogP contribution >= 0.6 is 15.9 Å². The number of halogens is 6. The molecule has 0 fully saturated rings. The molecule has 0 atom stereocenters. The summed E-state index contributed by atoms with van der Waals surface area (Å²) in [4.78, 5) is 14.2. The highest BCUT2D eigenvalue weighted by Gasteiger charge is 2.36. The minimum atomic E-state index is -5.21. The van der Waals surface area contributed by atoms with Crippen LogP contribution in [-0.4, -0.2) is 22.4 Å². The van der Waals surface area contributed by atoms with Crippen molar-refractivity contribution in [1.82, 2.24) is 4.98 Å². The monoisotopic (exact) mass is 349 g/mol. The Morgan fingerprint density at radius 2 is 2.05 bits per heavy atom. The number of aromatic nitrogens is 1. The van der Waals surface area contributed by atoms with Gasteiger partial charge in [-0.3, -0.25) is 4.98 Å². The maximum Gasteiger partial charge on any atom is 0.573 e. The molecule has 0 aliphatic rings. The molecular formula is C9H5BrF5NO3. The Balaban J connectivity index is 3.49. The fourth-order valence-corrected chi connectivity index (χ4v) is 1.76. The molecule has 0 bridgehead atoms. The van der Waals surface area contributed by atoms with E-state index in [2.05, 4.69) is 25.7 Å². The summed E-state index contributed by atoms with van der Waals surface area (Å²) in [5.41, 5.74) is -2.73. The molecule has 1 heterocycles. The summed E-state index contributed by atoms with van der Waals surface area (Å²) in [6.45, 7) is 0. The zero-order chi connectivity index (χ0) is 14.8. The van der Waals surface area contributed by atoms with Crippen molar-refractivity contribution < 1.29 is 36.6 Å². The Morgan fingerprint density at radius 3 is 2.42 bits per heavy atom. The van der Waals surface area contributed by atoms with Crippen molar-refractivity contribution in [1.29, 1.82) is 0 Å². The van der Waals surface area contributed by atoms with Gasteiger partial charge in [-0.25, -0.2) is 13.6 Å². The van der Waals surface area contributed by atoms with Crippen LogP contribution in [0.25, 0.3) is 0 Å². The van der Waals surface area contributed by atoms with Gasteiger partial charge in [0.2, 0.25) is 0 Å². The molecule has 0 saturated heterocycles. The van der Waals surface area contributed by atoms with E-state index in [0.29, 0.717) is 6.20 Å². The van der Waals surface area contributed by atoms with Crippen molar-refractivity contribution in [3.63, 3.8) is 0 Å². The van der Waals surface area contributed by atoms with E-state index in [0.717, 1.165) is 0 Å². The van der Waals surface area contributed by atoms with Crippen LogP contribution in [0.4, 0.5) is 22.0 Å². The maximum absolute atomic E-state index is 12.8. The molecule has 1 aromatic heterocycles. The highest BCUT2D eigenvalue weighted by molar-refractivity contribution is 9.08. The van der Waals surface area contributed by atoms with Crippen LogP contribution in [0.5, 0.6) is 5.75 Å². The van der Waals surface area contributed by atoms with Gasteiger partial charge in [0.15, 0.2) is 5.75 Å². The largest absolute Gasteiger partial charge is 0.573 e. The molecule has 0 aliphatic carbocycles. The molecule has 0 spiro atoms. The Morgan fingerprint density at radius 1 is 1.47 bits per heavy atom. The van der Waals surface area contributed by atoms with Crippen molar-refractivity contribution in [3.8, 4) is 5.75 Å². The van der Waals surface area contributed by atoms with E-state index in [1.165, 1.54) is 0 Å². The molecule has 0 saturated carbocycles. The number of carboxylic acids is 1. The molecule has 10 heteroatoms. The number of carboxylic acid groups (broad SMARTS) is 1. The van der Waals surface area contributed by atoms with E-state index >= 15 is 0 Å². The van der Waals surface area contributed by atoms with Crippen LogP contribution in [-0.2, 0) is 5.33 Å². The number of hydrogen-bond donors (Lipinski definition) is 1.